The average molecular weight is 325 g/mol. The van der Waals surface area contributed by atoms with E-state index in [2.05, 4.69) is 20.7 Å². The average Bonchev–Trinajstić information content (AvgIpc) is 2.21. The van der Waals surface area contributed by atoms with Gasteiger partial charge in [-0.3, -0.25) is 4.79 Å². The molecule has 0 aromatic heterocycles. The quantitative estimate of drug-likeness (QED) is 0.837. The molecule has 0 saturated carbocycles. The third-order valence-electron chi connectivity index (χ3n) is 1.86. The van der Waals surface area contributed by atoms with E-state index in [1.54, 1.807) is 0 Å². The Labute approximate surface area is 106 Å². The SMILES string of the molecule is NC(=O)CCNS(=O)(=O)c1ccc(Br)c(F)c1. The number of primary amides is 1. The Bertz CT molecular complexity index is 533. The van der Waals surface area contributed by atoms with E-state index in [0.717, 1.165) is 6.07 Å². The van der Waals surface area contributed by atoms with Gasteiger partial charge < -0.3 is 5.73 Å². The molecular formula is C9H10BrFN2O3S. The Morgan fingerprint density at radius 1 is 1.47 bits per heavy atom. The van der Waals surface area contributed by atoms with Crippen molar-refractivity contribution >= 4 is 31.9 Å². The summed E-state index contributed by atoms with van der Waals surface area (Å²) in [6.07, 6.45) is -0.113. The first-order chi connectivity index (χ1) is 7.83. The van der Waals surface area contributed by atoms with Gasteiger partial charge in [-0.2, -0.15) is 0 Å². The molecule has 0 aliphatic carbocycles. The van der Waals surface area contributed by atoms with E-state index in [0.29, 0.717) is 0 Å². The van der Waals surface area contributed by atoms with Crippen LogP contribution in [0.15, 0.2) is 27.6 Å². The largest absolute Gasteiger partial charge is 0.370 e. The molecule has 0 unspecified atom stereocenters. The molecular weight excluding hydrogens is 315 g/mol. The molecule has 0 fully saturated rings. The zero-order chi connectivity index (χ0) is 13.1. The van der Waals surface area contributed by atoms with Crippen LogP contribution in [0.2, 0.25) is 0 Å². The van der Waals surface area contributed by atoms with Crippen LogP contribution in [0.1, 0.15) is 6.42 Å². The Hall–Kier alpha value is -0.990. The van der Waals surface area contributed by atoms with Gasteiger partial charge >= 0.3 is 0 Å². The van der Waals surface area contributed by atoms with E-state index in [1.165, 1.54) is 12.1 Å². The maximum absolute atomic E-state index is 13.1. The van der Waals surface area contributed by atoms with Gasteiger partial charge in [0.2, 0.25) is 15.9 Å². The molecule has 0 bridgehead atoms. The second kappa shape index (κ2) is 5.56. The van der Waals surface area contributed by atoms with Crippen LogP contribution in [-0.4, -0.2) is 20.9 Å². The van der Waals surface area contributed by atoms with Gasteiger partial charge in [0.1, 0.15) is 5.82 Å². The van der Waals surface area contributed by atoms with Crippen LogP contribution in [0.25, 0.3) is 0 Å². The molecule has 0 aliphatic rings. The number of carbonyl (C=O) groups excluding carboxylic acids is 1. The molecule has 0 radical (unpaired) electrons. The zero-order valence-electron chi connectivity index (χ0n) is 8.61. The predicted octanol–water partition coefficient (Wildman–Crippen LogP) is 0.742. The number of halogens is 2. The Morgan fingerprint density at radius 3 is 2.65 bits per heavy atom. The van der Waals surface area contributed by atoms with Crippen molar-refractivity contribution in [3.8, 4) is 0 Å². The summed E-state index contributed by atoms with van der Waals surface area (Å²) < 4.78 is 38.7. The van der Waals surface area contributed by atoms with Crippen LogP contribution in [0.4, 0.5) is 4.39 Å². The molecule has 5 nitrogen and oxygen atoms in total. The van der Waals surface area contributed by atoms with Crippen molar-refractivity contribution in [3.05, 3.63) is 28.5 Å². The highest BCUT2D eigenvalue weighted by Crippen LogP contribution is 2.19. The summed E-state index contributed by atoms with van der Waals surface area (Å²) in [7, 11) is -3.81. The lowest BCUT2D eigenvalue weighted by Crippen LogP contribution is -2.28. The molecule has 1 aromatic carbocycles. The maximum Gasteiger partial charge on any atom is 0.240 e. The number of benzene rings is 1. The Morgan fingerprint density at radius 2 is 2.12 bits per heavy atom. The lowest BCUT2D eigenvalue weighted by Gasteiger charge is -2.06. The van der Waals surface area contributed by atoms with Gasteiger partial charge in [0, 0.05) is 13.0 Å². The summed E-state index contributed by atoms with van der Waals surface area (Å²) >= 11 is 2.92. The lowest BCUT2D eigenvalue weighted by molar-refractivity contribution is -0.117. The number of hydrogen-bond donors (Lipinski definition) is 2. The Balaban J connectivity index is 2.82. The summed E-state index contributed by atoms with van der Waals surface area (Å²) in [4.78, 5) is 10.2. The van der Waals surface area contributed by atoms with Crippen LogP contribution in [0, 0.1) is 5.82 Å². The molecule has 1 rings (SSSR count). The summed E-state index contributed by atoms with van der Waals surface area (Å²) in [5.41, 5.74) is 4.86. The number of nitrogens with two attached hydrogens (primary N) is 1. The molecule has 94 valence electrons. The number of nitrogens with one attached hydrogen (secondary N) is 1. The smallest absolute Gasteiger partial charge is 0.240 e. The van der Waals surface area contributed by atoms with Crippen molar-refractivity contribution in [2.24, 2.45) is 5.73 Å². The van der Waals surface area contributed by atoms with Crippen molar-refractivity contribution < 1.29 is 17.6 Å². The van der Waals surface area contributed by atoms with Gasteiger partial charge in [0.05, 0.1) is 9.37 Å². The van der Waals surface area contributed by atoms with Gasteiger partial charge in [-0.15, -0.1) is 0 Å². The second-order valence-corrected chi connectivity index (χ2v) is 5.81. The predicted molar refractivity (Wildman–Crippen MR) is 63.1 cm³/mol. The number of carbonyl (C=O) groups is 1. The molecule has 1 amide bonds. The van der Waals surface area contributed by atoms with E-state index >= 15 is 0 Å². The third kappa shape index (κ3) is 4.06. The number of hydrogen-bond acceptors (Lipinski definition) is 3. The molecule has 0 aliphatic heterocycles. The minimum Gasteiger partial charge on any atom is -0.370 e. The van der Waals surface area contributed by atoms with Crippen LogP contribution >= 0.6 is 15.9 Å². The van der Waals surface area contributed by atoms with Gasteiger partial charge in [0.25, 0.3) is 0 Å². The standard InChI is InChI=1S/C9H10BrFN2O3S/c10-7-2-1-6(5-8(7)11)17(15,16)13-4-3-9(12)14/h1-2,5,13H,3-4H2,(H2,12,14). The minimum absolute atomic E-state index is 0.113. The van der Waals surface area contributed by atoms with Crippen molar-refractivity contribution in [2.75, 3.05) is 6.54 Å². The van der Waals surface area contributed by atoms with Crippen LogP contribution < -0.4 is 10.5 Å². The molecule has 0 spiro atoms. The first-order valence-electron chi connectivity index (χ1n) is 4.56. The first kappa shape index (κ1) is 14.1. The number of amides is 1. The van der Waals surface area contributed by atoms with E-state index in [1.807, 2.05) is 0 Å². The highest BCUT2D eigenvalue weighted by Gasteiger charge is 2.15. The topological polar surface area (TPSA) is 89.3 Å². The van der Waals surface area contributed by atoms with E-state index in [4.69, 9.17) is 5.73 Å². The zero-order valence-corrected chi connectivity index (χ0v) is 11.0. The molecule has 17 heavy (non-hydrogen) atoms. The molecule has 3 N–H and O–H groups in total. The summed E-state index contributed by atoms with van der Waals surface area (Å²) in [5, 5.41) is 0. The number of rotatable bonds is 5. The molecule has 0 heterocycles. The first-order valence-corrected chi connectivity index (χ1v) is 6.83. The fourth-order valence-electron chi connectivity index (χ4n) is 1.04. The van der Waals surface area contributed by atoms with Crippen molar-refractivity contribution in [3.63, 3.8) is 0 Å². The normalized spacial score (nSPS) is 11.4. The fraction of sp³-hybridized carbons (Fsp3) is 0.222. The highest BCUT2D eigenvalue weighted by atomic mass is 79.9. The lowest BCUT2D eigenvalue weighted by atomic mass is 10.3. The van der Waals surface area contributed by atoms with Crippen molar-refractivity contribution in [2.45, 2.75) is 11.3 Å². The summed E-state index contributed by atoms with van der Waals surface area (Å²) in [6, 6.07) is 3.43. The van der Waals surface area contributed by atoms with Crippen LogP contribution in [-0.2, 0) is 14.8 Å². The van der Waals surface area contributed by atoms with E-state index < -0.39 is 21.7 Å². The highest BCUT2D eigenvalue weighted by molar-refractivity contribution is 9.10. The summed E-state index contributed by atoms with van der Waals surface area (Å²) in [5.74, 6) is -1.29. The maximum atomic E-state index is 13.1. The van der Waals surface area contributed by atoms with Crippen molar-refractivity contribution in [1.82, 2.24) is 4.72 Å². The minimum atomic E-state index is -3.81. The second-order valence-electron chi connectivity index (χ2n) is 3.19. The fourth-order valence-corrected chi connectivity index (χ4v) is 2.33. The Kier molecular flexibility index (Phi) is 4.61. The molecule has 1 aromatic rings. The monoisotopic (exact) mass is 324 g/mol. The molecule has 0 saturated heterocycles. The number of sulfonamides is 1. The van der Waals surface area contributed by atoms with Crippen LogP contribution in [0.3, 0.4) is 0 Å². The molecule has 0 atom stereocenters. The summed E-state index contributed by atoms with van der Waals surface area (Å²) in [6.45, 7) is -0.116. The van der Waals surface area contributed by atoms with Gasteiger partial charge in [-0.25, -0.2) is 17.5 Å². The van der Waals surface area contributed by atoms with Gasteiger partial charge in [-0.05, 0) is 34.1 Å². The van der Waals surface area contributed by atoms with Crippen LogP contribution in [0.5, 0.6) is 0 Å². The van der Waals surface area contributed by atoms with E-state index in [-0.39, 0.29) is 22.3 Å². The van der Waals surface area contributed by atoms with E-state index in [9.17, 15) is 17.6 Å². The van der Waals surface area contributed by atoms with Crippen molar-refractivity contribution in [1.29, 1.82) is 0 Å². The molecule has 8 heteroatoms. The van der Waals surface area contributed by atoms with Gasteiger partial charge in [-0.1, -0.05) is 0 Å². The van der Waals surface area contributed by atoms with Gasteiger partial charge in [0.15, 0.2) is 0 Å². The third-order valence-corrected chi connectivity index (χ3v) is 3.97.